The number of rotatable bonds is 7. The maximum absolute atomic E-state index is 10.8. The molecule has 0 saturated carbocycles. The molecule has 96 valence electrons. The fourth-order valence-corrected chi connectivity index (χ4v) is 0.889. The molecule has 6 heteroatoms. The van der Waals surface area contributed by atoms with E-state index in [1.165, 1.54) is 0 Å². The van der Waals surface area contributed by atoms with Crippen molar-refractivity contribution in [3.63, 3.8) is 0 Å². The molecule has 6 nitrogen and oxygen atoms in total. The predicted octanol–water partition coefficient (Wildman–Crippen LogP) is 2.07. The maximum atomic E-state index is 10.8. The van der Waals surface area contributed by atoms with Crippen LogP contribution in [0, 0.1) is 0 Å². The van der Waals surface area contributed by atoms with Crippen LogP contribution in [0.25, 0.3) is 0 Å². The summed E-state index contributed by atoms with van der Waals surface area (Å²) in [6, 6.07) is 0. The quantitative estimate of drug-likeness (QED) is 0.350. The first kappa shape index (κ1) is 20.1. The van der Waals surface area contributed by atoms with Gasteiger partial charge in [-0.15, -0.1) is 0 Å². The second-order valence-electron chi connectivity index (χ2n) is 2.90. The third kappa shape index (κ3) is 15.1. The van der Waals surface area contributed by atoms with Crippen LogP contribution in [-0.2, 0) is 14.3 Å². The summed E-state index contributed by atoms with van der Waals surface area (Å²) in [5.41, 5.74) is 0. The van der Waals surface area contributed by atoms with Crippen LogP contribution in [0.1, 0.15) is 32.6 Å². The maximum Gasteiger partial charge on any atom is 0.331 e. The standard InChI is InChI=1S/C10H16O4.2H3N/c1-2-3-4-5-8-14-10(13)7-6-9(11)12;;/h6-7H,2-5,8H2,1H3,(H,11,12);2*1H3/b7-6-;;. The highest BCUT2D eigenvalue weighted by Gasteiger charge is 1.97. The van der Waals surface area contributed by atoms with Gasteiger partial charge in [-0.05, 0) is 6.42 Å². The van der Waals surface area contributed by atoms with E-state index in [-0.39, 0.29) is 12.3 Å². The number of ether oxygens (including phenoxy) is 1. The normalized spacial score (nSPS) is 9.06. The highest BCUT2D eigenvalue weighted by Crippen LogP contribution is 1.99. The highest BCUT2D eigenvalue weighted by atomic mass is 16.5. The molecule has 16 heavy (non-hydrogen) atoms. The van der Waals surface area contributed by atoms with Crippen LogP contribution in [-0.4, -0.2) is 23.7 Å². The van der Waals surface area contributed by atoms with E-state index in [9.17, 15) is 9.59 Å². The van der Waals surface area contributed by atoms with Crippen LogP contribution in [0.3, 0.4) is 0 Å². The van der Waals surface area contributed by atoms with Gasteiger partial charge in [0.15, 0.2) is 0 Å². The van der Waals surface area contributed by atoms with E-state index in [1.807, 2.05) is 0 Å². The van der Waals surface area contributed by atoms with Crippen molar-refractivity contribution >= 4 is 11.9 Å². The van der Waals surface area contributed by atoms with Crippen LogP contribution in [0.15, 0.2) is 12.2 Å². The van der Waals surface area contributed by atoms with E-state index >= 15 is 0 Å². The minimum absolute atomic E-state index is 0. The van der Waals surface area contributed by atoms with E-state index in [4.69, 9.17) is 9.84 Å². The van der Waals surface area contributed by atoms with Gasteiger partial charge in [-0.2, -0.15) is 0 Å². The van der Waals surface area contributed by atoms with Crippen LogP contribution in [0.5, 0.6) is 0 Å². The number of esters is 1. The molecule has 0 saturated heterocycles. The Hall–Kier alpha value is -1.40. The first-order valence-corrected chi connectivity index (χ1v) is 4.74. The molecule has 0 aliphatic rings. The molecule has 0 unspecified atom stereocenters. The lowest BCUT2D eigenvalue weighted by Gasteiger charge is -2.00. The molecule has 0 radical (unpaired) electrons. The summed E-state index contributed by atoms with van der Waals surface area (Å²) < 4.78 is 4.75. The predicted molar refractivity (Wildman–Crippen MR) is 61.9 cm³/mol. The number of carbonyl (C=O) groups excluding carboxylic acids is 1. The molecule has 0 aliphatic carbocycles. The zero-order valence-corrected chi connectivity index (χ0v) is 9.78. The van der Waals surface area contributed by atoms with E-state index < -0.39 is 11.9 Å². The Morgan fingerprint density at radius 2 is 1.75 bits per heavy atom. The van der Waals surface area contributed by atoms with Crippen molar-refractivity contribution in [2.75, 3.05) is 6.61 Å². The van der Waals surface area contributed by atoms with Crippen molar-refractivity contribution < 1.29 is 19.4 Å². The topological polar surface area (TPSA) is 134 Å². The van der Waals surface area contributed by atoms with Gasteiger partial charge in [-0.3, -0.25) is 0 Å². The summed E-state index contributed by atoms with van der Waals surface area (Å²) in [7, 11) is 0. The Kier molecular flexibility index (Phi) is 17.1. The lowest BCUT2D eigenvalue weighted by atomic mass is 10.2. The summed E-state index contributed by atoms with van der Waals surface area (Å²) >= 11 is 0. The summed E-state index contributed by atoms with van der Waals surface area (Å²) in [6.45, 7) is 2.46. The highest BCUT2D eigenvalue weighted by molar-refractivity contribution is 5.90. The Labute approximate surface area is 95.8 Å². The summed E-state index contributed by atoms with van der Waals surface area (Å²) in [6.07, 6.45) is 5.82. The zero-order chi connectivity index (χ0) is 10.8. The summed E-state index contributed by atoms with van der Waals surface area (Å²) in [5.74, 6) is -1.74. The van der Waals surface area contributed by atoms with Crippen molar-refractivity contribution in [1.29, 1.82) is 0 Å². The molecule has 0 heterocycles. The molecule has 0 bridgehead atoms. The molecule has 0 amide bonds. The molecule has 0 spiro atoms. The first-order valence-electron chi connectivity index (χ1n) is 4.74. The Morgan fingerprint density at radius 1 is 1.12 bits per heavy atom. The van der Waals surface area contributed by atoms with Gasteiger partial charge in [0.25, 0.3) is 0 Å². The van der Waals surface area contributed by atoms with E-state index in [0.717, 1.165) is 37.8 Å². The van der Waals surface area contributed by atoms with Crippen LogP contribution in [0.2, 0.25) is 0 Å². The lowest BCUT2D eigenvalue weighted by Crippen LogP contribution is -2.03. The summed E-state index contributed by atoms with van der Waals surface area (Å²) in [5, 5.41) is 8.21. The molecule has 0 aromatic heterocycles. The third-order valence-corrected chi connectivity index (χ3v) is 1.60. The van der Waals surface area contributed by atoms with E-state index in [0.29, 0.717) is 6.61 Å². The van der Waals surface area contributed by atoms with Gasteiger partial charge in [0.05, 0.1) is 6.61 Å². The van der Waals surface area contributed by atoms with Crippen LogP contribution in [0.4, 0.5) is 0 Å². The lowest BCUT2D eigenvalue weighted by molar-refractivity contribution is -0.138. The van der Waals surface area contributed by atoms with Gasteiger partial charge < -0.3 is 22.1 Å². The molecule has 0 aromatic carbocycles. The summed E-state index contributed by atoms with van der Waals surface area (Å²) in [4.78, 5) is 20.8. The van der Waals surface area contributed by atoms with Gasteiger partial charge in [0, 0.05) is 12.2 Å². The molecular formula is C10H22N2O4. The average Bonchev–Trinajstić information content (AvgIpc) is 2.14. The van der Waals surface area contributed by atoms with Crippen molar-refractivity contribution in [3.8, 4) is 0 Å². The van der Waals surface area contributed by atoms with E-state index in [2.05, 4.69) is 6.92 Å². The second kappa shape index (κ2) is 13.6. The minimum Gasteiger partial charge on any atom is -0.478 e. The largest absolute Gasteiger partial charge is 0.478 e. The molecular weight excluding hydrogens is 212 g/mol. The Morgan fingerprint density at radius 3 is 2.25 bits per heavy atom. The number of hydrogen-bond acceptors (Lipinski definition) is 5. The fourth-order valence-electron chi connectivity index (χ4n) is 0.889. The fraction of sp³-hybridized carbons (Fsp3) is 0.600. The van der Waals surface area contributed by atoms with Gasteiger partial charge >= 0.3 is 11.9 Å². The molecule has 0 aromatic rings. The third-order valence-electron chi connectivity index (χ3n) is 1.60. The molecule has 0 rings (SSSR count). The monoisotopic (exact) mass is 234 g/mol. The molecule has 0 aliphatic heterocycles. The number of hydrogen-bond donors (Lipinski definition) is 3. The van der Waals surface area contributed by atoms with Crippen molar-refractivity contribution in [3.05, 3.63) is 12.2 Å². The van der Waals surface area contributed by atoms with Crippen molar-refractivity contribution in [1.82, 2.24) is 12.3 Å². The smallest absolute Gasteiger partial charge is 0.331 e. The van der Waals surface area contributed by atoms with Crippen molar-refractivity contribution in [2.45, 2.75) is 32.6 Å². The zero-order valence-electron chi connectivity index (χ0n) is 9.78. The van der Waals surface area contributed by atoms with Crippen molar-refractivity contribution in [2.24, 2.45) is 0 Å². The molecule has 0 fully saturated rings. The number of carboxylic acids is 1. The average molecular weight is 234 g/mol. The second-order valence-corrected chi connectivity index (χ2v) is 2.90. The van der Waals surface area contributed by atoms with Gasteiger partial charge in [-0.25, -0.2) is 9.59 Å². The van der Waals surface area contributed by atoms with Gasteiger partial charge in [0.2, 0.25) is 0 Å². The minimum atomic E-state index is -1.15. The molecule has 0 atom stereocenters. The van der Waals surface area contributed by atoms with E-state index in [1.54, 1.807) is 0 Å². The first-order chi connectivity index (χ1) is 6.66. The number of aliphatic carboxylic acids is 1. The Balaban J connectivity index is -0.000000845. The van der Waals surface area contributed by atoms with Gasteiger partial charge in [-0.1, -0.05) is 26.2 Å². The van der Waals surface area contributed by atoms with Gasteiger partial charge in [0.1, 0.15) is 0 Å². The molecule has 7 N–H and O–H groups in total. The SMILES string of the molecule is CCCCCCOC(=O)/C=C\C(=O)O.N.N. The van der Waals surface area contributed by atoms with Crippen LogP contribution < -0.4 is 12.3 Å². The van der Waals surface area contributed by atoms with Crippen LogP contribution >= 0.6 is 0 Å². The Bertz CT molecular complexity index is 217. The number of carbonyl (C=O) groups is 2. The number of carboxylic acid groups (broad SMARTS) is 1. The number of unbranched alkanes of at least 4 members (excludes halogenated alkanes) is 3.